The number of nitrogens with one attached hydrogen (secondary N) is 2. The van der Waals surface area contributed by atoms with Crippen molar-refractivity contribution in [2.24, 2.45) is 0 Å². The Morgan fingerprint density at radius 1 is 0.959 bits per heavy atom. The largest absolute Gasteiger partial charge is 0.494 e. The highest BCUT2D eigenvalue weighted by atomic mass is 35.5. The van der Waals surface area contributed by atoms with E-state index in [2.05, 4.69) is 42.3 Å². The van der Waals surface area contributed by atoms with Crippen molar-refractivity contribution in [2.45, 2.75) is 38.1 Å². The molecule has 266 valence electrons. The maximum atomic E-state index is 12.5. The SMILES string of the molecule is COc1cc(N2CCC(N3CCN(C)CC3)CC2)c2cc1Nc1ncc(Cl)c(n1)Nc1ccc(cc1N(C)S(C)(=O)=O)OCCCCCO2. The molecule has 6 bridgehead atoms. The van der Waals surface area contributed by atoms with Gasteiger partial charge in [0, 0.05) is 70.6 Å². The van der Waals surface area contributed by atoms with Crippen LogP contribution in [0, 0.1) is 0 Å². The van der Waals surface area contributed by atoms with Crippen LogP contribution >= 0.6 is 11.6 Å². The molecule has 2 aromatic carbocycles. The van der Waals surface area contributed by atoms with Gasteiger partial charge in [0.15, 0.2) is 5.82 Å². The lowest BCUT2D eigenvalue weighted by molar-refractivity contribution is 0.0981. The van der Waals surface area contributed by atoms with Gasteiger partial charge in [-0.1, -0.05) is 11.6 Å². The Morgan fingerprint density at radius 3 is 2.41 bits per heavy atom. The molecule has 13 nitrogen and oxygen atoms in total. The fourth-order valence-corrected chi connectivity index (χ4v) is 7.15. The highest BCUT2D eigenvalue weighted by molar-refractivity contribution is 7.92. The van der Waals surface area contributed by atoms with Gasteiger partial charge in [-0.15, -0.1) is 0 Å². The topological polar surface area (TPSA) is 125 Å². The van der Waals surface area contributed by atoms with Crippen molar-refractivity contribution in [1.29, 1.82) is 0 Å². The smallest absolute Gasteiger partial charge is 0.232 e. The normalized spacial score (nSPS) is 18.6. The molecule has 5 heterocycles. The van der Waals surface area contributed by atoms with E-state index in [1.54, 1.807) is 25.3 Å². The standard InChI is InChI=1S/C34H47ClN8O5S/c1-40-14-16-42(17-15-40)24-10-12-43(13-11-24)30-22-31(46-3)28-21-32(30)48-19-7-5-6-18-47-25-8-9-27(29(20-25)41(2)49(4,44)45)37-33-26(35)23-36-34(38-28)39-33/h8-9,20-24H,5-7,10-19H2,1-4H3,(H2,36,37,38,39). The minimum absolute atomic E-state index is 0.260. The fraction of sp³-hybridized carbons (Fsp3) is 0.529. The Kier molecular flexibility index (Phi) is 11.1. The summed E-state index contributed by atoms with van der Waals surface area (Å²) in [5.74, 6) is 2.53. The summed E-state index contributed by atoms with van der Waals surface area (Å²) in [5, 5.41) is 6.77. The number of rotatable bonds is 5. The molecule has 0 atom stereocenters. The summed E-state index contributed by atoms with van der Waals surface area (Å²) >= 11 is 6.55. The average Bonchev–Trinajstić information content (AvgIpc) is 3.09. The van der Waals surface area contributed by atoms with Gasteiger partial charge in [0.05, 0.1) is 55.5 Å². The molecule has 0 unspecified atom stereocenters. The monoisotopic (exact) mass is 714 g/mol. The number of nitrogens with zero attached hydrogens (tertiary/aromatic N) is 6. The zero-order valence-corrected chi connectivity index (χ0v) is 30.3. The number of anilines is 6. The van der Waals surface area contributed by atoms with Gasteiger partial charge in [-0.2, -0.15) is 4.98 Å². The molecule has 15 heteroatoms. The van der Waals surface area contributed by atoms with Crippen LogP contribution in [0.25, 0.3) is 0 Å². The lowest BCUT2D eigenvalue weighted by Gasteiger charge is -2.42. The van der Waals surface area contributed by atoms with Crippen molar-refractivity contribution < 1.29 is 22.6 Å². The van der Waals surface area contributed by atoms with Crippen LogP contribution in [0.4, 0.5) is 34.5 Å². The summed E-state index contributed by atoms with van der Waals surface area (Å²) < 4.78 is 44.7. The van der Waals surface area contributed by atoms with E-state index in [0.717, 1.165) is 89.1 Å². The molecule has 0 spiro atoms. The molecule has 2 N–H and O–H groups in total. The van der Waals surface area contributed by atoms with Crippen molar-refractivity contribution in [1.82, 2.24) is 19.8 Å². The predicted molar refractivity (Wildman–Crippen MR) is 195 cm³/mol. The molecule has 0 radical (unpaired) electrons. The van der Waals surface area contributed by atoms with Crippen LogP contribution in [0.3, 0.4) is 0 Å². The Balaban J connectivity index is 1.29. The molecule has 1 aromatic heterocycles. The molecule has 49 heavy (non-hydrogen) atoms. The molecule has 2 saturated heterocycles. The summed E-state index contributed by atoms with van der Waals surface area (Å²) in [6.07, 6.45) is 7.41. The number of piperazine rings is 1. The van der Waals surface area contributed by atoms with Gasteiger partial charge in [-0.3, -0.25) is 9.21 Å². The second kappa shape index (κ2) is 15.4. The van der Waals surface area contributed by atoms with Crippen LogP contribution in [0.5, 0.6) is 17.2 Å². The second-order valence-corrected chi connectivity index (χ2v) is 15.3. The van der Waals surface area contributed by atoms with Gasteiger partial charge >= 0.3 is 0 Å². The maximum absolute atomic E-state index is 12.5. The van der Waals surface area contributed by atoms with Crippen LogP contribution < -0.4 is 34.0 Å². The number of sulfonamides is 1. The van der Waals surface area contributed by atoms with E-state index in [1.807, 2.05) is 12.1 Å². The maximum Gasteiger partial charge on any atom is 0.232 e. The number of methoxy groups -OCH3 is 1. The third-order valence-corrected chi connectivity index (χ3v) is 11.0. The van der Waals surface area contributed by atoms with E-state index >= 15 is 0 Å². The molecule has 4 aliphatic rings. The van der Waals surface area contributed by atoms with Crippen molar-refractivity contribution in [3.63, 3.8) is 0 Å². The van der Waals surface area contributed by atoms with E-state index < -0.39 is 10.0 Å². The van der Waals surface area contributed by atoms with Crippen molar-refractivity contribution in [2.75, 3.05) is 99.8 Å². The highest BCUT2D eigenvalue weighted by Crippen LogP contribution is 2.42. The number of likely N-dealkylation sites (N-methyl/N-ethyl adjacent to an activating group) is 1. The third-order valence-electron chi connectivity index (χ3n) is 9.51. The molecular weight excluding hydrogens is 668 g/mol. The number of benzene rings is 2. The van der Waals surface area contributed by atoms with Crippen LogP contribution in [-0.2, 0) is 10.0 Å². The van der Waals surface area contributed by atoms with Gasteiger partial charge in [0.25, 0.3) is 0 Å². The number of hydrogen-bond acceptors (Lipinski definition) is 12. The fourth-order valence-electron chi connectivity index (χ4n) is 6.50. The van der Waals surface area contributed by atoms with E-state index in [1.165, 1.54) is 17.5 Å². The van der Waals surface area contributed by atoms with E-state index in [0.29, 0.717) is 53.6 Å². The Morgan fingerprint density at radius 2 is 1.69 bits per heavy atom. The second-order valence-electron chi connectivity index (χ2n) is 12.9. The van der Waals surface area contributed by atoms with Crippen LogP contribution in [0.2, 0.25) is 5.02 Å². The first-order chi connectivity index (χ1) is 23.6. The van der Waals surface area contributed by atoms with Crippen LogP contribution in [0.15, 0.2) is 36.5 Å². The predicted octanol–water partition coefficient (Wildman–Crippen LogP) is 5.18. The Labute approximate surface area is 294 Å². The minimum Gasteiger partial charge on any atom is -0.494 e. The number of ether oxygens (including phenoxy) is 3. The van der Waals surface area contributed by atoms with Gasteiger partial charge in [-0.25, -0.2) is 13.4 Å². The molecule has 4 aliphatic heterocycles. The van der Waals surface area contributed by atoms with Gasteiger partial charge in [0.2, 0.25) is 16.0 Å². The zero-order valence-electron chi connectivity index (χ0n) is 28.7. The molecule has 3 aromatic rings. The lowest BCUT2D eigenvalue weighted by atomic mass is 10.0. The zero-order chi connectivity index (χ0) is 34.5. The summed E-state index contributed by atoms with van der Waals surface area (Å²) in [7, 11) is 1.76. The quantitative estimate of drug-likeness (QED) is 0.362. The van der Waals surface area contributed by atoms with Crippen molar-refractivity contribution >= 4 is 56.1 Å². The summed E-state index contributed by atoms with van der Waals surface area (Å²) in [5.41, 5.74) is 2.54. The summed E-state index contributed by atoms with van der Waals surface area (Å²) in [6.45, 7) is 7.41. The summed E-state index contributed by atoms with van der Waals surface area (Å²) in [6, 6.07) is 9.83. The van der Waals surface area contributed by atoms with Gasteiger partial charge in [-0.05, 0) is 51.3 Å². The number of hydrogen-bond donors (Lipinski definition) is 2. The first-order valence-electron chi connectivity index (χ1n) is 16.9. The summed E-state index contributed by atoms with van der Waals surface area (Å²) in [4.78, 5) is 16.5. The Bertz CT molecular complexity index is 1710. The first-order valence-corrected chi connectivity index (χ1v) is 19.1. The van der Waals surface area contributed by atoms with Crippen molar-refractivity contribution in [3.05, 3.63) is 41.6 Å². The molecule has 0 aliphatic carbocycles. The van der Waals surface area contributed by atoms with Crippen LogP contribution in [-0.4, -0.2) is 114 Å². The number of fused-ring (bicyclic) bond motifs is 8. The number of halogens is 1. The number of piperidine rings is 1. The van der Waals surface area contributed by atoms with E-state index in [-0.39, 0.29) is 11.0 Å². The highest BCUT2D eigenvalue weighted by Gasteiger charge is 2.29. The van der Waals surface area contributed by atoms with E-state index in [4.69, 9.17) is 25.8 Å². The van der Waals surface area contributed by atoms with Gasteiger partial charge < -0.3 is 34.6 Å². The number of aromatic nitrogens is 2. The first kappa shape index (κ1) is 35.1. The van der Waals surface area contributed by atoms with Crippen molar-refractivity contribution in [3.8, 4) is 17.2 Å². The molecule has 2 fully saturated rings. The van der Waals surface area contributed by atoms with Gasteiger partial charge in [0.1, 0.15) is 22.3 Å². The molecule has 0 saturated carbocycles. The molecule has 0 amide bonds. The molecular formula is C34H47ClN8O5S. The van der Waals surface area contributed by atoms with E-state index in [9.17, 15) is 8.42 Å². The third kappa shape index (κ3) is 8.54. The molecule has 7 rings (SSSR count). The average molecular weight is 715 g/mol. The minimum atomic E-state index is -3.58. The Hall–Kier alpha value is -3.72. The van der Waals surface area contributed by atoms with Crippen LogP contribution in [0.1, 0.15) is 32.1 Å². The lowest BCUT2D eigenvalue weighted by Crippen LogP contribution is -2.52.